The van der Waals surface area contributed by atoms with Crippen LogP contribution in [0.4, 0.5) is 0 Å². The molecule has 0 amide bonds. The third kappa shape index (κ3) is 3.72. The van der Waals surface area contributed by atoms with Gasteiger partial charge in [-0.2, -0.15) is 0 Å². The number of hydrogen-bond acceptors (Lipinski definition) is 1. The standard InChI is InChI=1S/C42H26O/c1-2-12-27(13-3-1)41-34-18-8-10-20-36(34)42(37-21-11-9-19-35(37)41)29-22-23-39-30(24-29)26-40(43-39)38-25-28-14-4-5-15-31(28)32-16-6-7-17-33(32)38/h1-26H. The number of rotatable bonds is 3. The summed E-state index contributed by atoms with van der Waals surface area (Å²) in [6, 6.07) is 56.7. The minimum atomic E-state index is 0.892. The molecule has 1 nitrogen and oxygen atoms in total. The lowest BCUT2D eigenvalue weighted by molar-refractivity contribution is 0.632. The zero-order chi connectivity index (χ0) is 28.3. The van der Waals surface area contributed by atoms with Crippen LogP contribution >= 0.6 is 0 Å². The second-order valence-electron chi connectivity index (χ2n) is 11.3. The molecule has 200 valence electrons. The fourth-order valence-corrected chi connectivity index (χ4v) is 6.94. The topological polar surface area (TPSA) is 13.1 Å². The predicted molar refractivity (Wildman–Crippen MR) is 183 cm³/mol. The van der Waals surface area contributed by atoms with Crippen molar-refractivity contribution in [3.05, 3.63) is 158 Å². The van der Waals surface area contributed by atoms with Crippen LogP contribution in [-0.2, 0) is 0 Å². The zero-order valence-corrected chi connectivity index (χ0v) is 23.4. The minimum Gasteiger partial charge on any atom is -0.456 e. The van der Waals surface area contributed by atoms with Gasteiger partial charge >= 0.3 is 0 Å². The second kappa shape index (κ2) is 9.44. The highest BCUT2D eigenvalue weighted by atomic mass is 16.3. The van der Waals surface area contributed by atoms with Crippen LogP contribution in [-0.4, -0.2) is 0 Å². The second-order valence-corrected chi connectivity index (χ2v) is 11.3. The molecule has 1 aromatic heterocycles. The number of furan rings is 1. The van der Waals surface area contributed by atoms with Gasteiger partial charge in [-0.3, -0.25) is 0 Å². The fourth-order valence-electron chi connectivity index (χ4n) is 6.94. The van der Waals surface area contributed by atoms with E-state index in [4.69, 9.17) is 4.42 Å². The van der Waals surface area contributed by atoms with E-state index in [1.54, 1.807) is 0 Å². The first kappa shape index (κ1) is 24.0. The molecule has 0 aliphatic rings. The van der Waals surface area contributed by atoms with Gasteiger partial charge in [0.1, 0.15) is 11.3 Å². The van der Waals surface area contributed by atoms with Crippen molar-refractivity contribution in [2.45, 2.75) is 0 Å². The van der Waals surface area contributed by atoms with E-state index in [1.807, 2.05) is 0 Å². The summed E-state index contributed by atoms with van der Waals surface area (Å²) in [5.41, 5.74) is 6.98. The van der Waals surface area contributed by atoms with Crippen molar-refractivity contribution in [2.75, 3.05) is 0 Å². The van der Waals surface area contributed by atoms with E-state index in [1.165, 1.54) is 65.3 Å². The smallest absolute Gasteiger partial charge is 0.136 e. The van der Waals surface area contributed by atoms with Gasteiger partial charge in [0.2, 0.25) is 0 Å². The van der Waals surface area contributed by atoms with Gasteiger partial charge in [-0.05, 0) is 89.6 Å². The van der Waals surface area contributed by atoms with E-state index in [0.717, 1.165) is 22.3 Å². The summed E-state index contributed by atoms with van der Waals surface area (Å²) in [5.74, 6) is 0.892. The summed E-state index contributed by atoms with van der Waals surface area (Å²) in [5, 5.41) is 11.1. The SMILES string of the molecule is c1ccc(-c2c3ccccc3c(-c3ccc4oc(-c5cc6ccccc6c6ccccc56)cc4c3)c3ccccc23)cc1. The van der Waals surface area contributed by atoms with Gasteiger partial charge < -0.3 is 4.42 Å². The fraction of sp³-hybridized carbons (Fsp3) is 0. The van der Waals surface area contributed by atoms with Gasteiger partial charge in [-0.15, -0.1) is 0 Å². The Bertz CT molecular complexity index is 2440. The molecule has 0 aliphatic heterocycles. The van der Waals surface area contributed by atoms with Gasteiger partial charge in [0.25, 0.3) is 0 Å². The van der Waals surface area contributed by atoms with E-state index in [2.05, 4.69) is 158 Å². The Morgan fingerprint density at radius 2 is 0.860 bits per heavy atom. The monoisotopic (exact) mass is 546 g/mol. The maximum absolute atomic E-state index is 6.55. The molecule has 1 heterocycles. The first-order chi connectivity index (χ1) is 21.3. The summed E-state index contributed by atoms with van der Waals surface area (Å²) >= 11 is 0. The molecule has 0 saturated carbocycles. The van der Waals surface area contributed by atoms with Crippen LogP contribution in [0.5, 0.6) is 0 Å². The van der Waals surface area contributed by atoms with Crippen molar-refractivity contribution in [3.8, 4) is 33.6 Å². The largest absolute Gasteiger partial charge is 0.456 e. The summed E-state index contributed by atoms with van der Waals surface area (Å²) in [6.45, 7) is 0. The molecule has 0 atom stereocenters. The lowest BCUT2D eigenvalue weighted by Gasteiger charge is -2.17. The van der Waals surface area contributed by atoms with Gasteiger partial charge in [0, 0.05) is 10.9 Å². The average Bonchev–Trinajstić information content (AvgIpc) is 3.50. The number of hydrogen-bond donors (Lipinski definition) is 0. The first-order valence-electron chi connectivity index (χ1n) is 14.8. The molecule has 8 aromatic carbocycles. The van der Waals surface area contributed by atoms with Crippen LogP contribution in [0.15, 0.2) is 162 Å². The van der Waals surface area contributed by atoms with Crippen molar-refractivity contribution in [1.29, 1.82) is 0 Å². The van der Waals surface area contributed by atoms with E-state index in [0.29, 0.717) is 0 Å². The molecular weight excluding hydrogens is 520 g/mol. The Morgan fingerprint density at radius 1 is 0.326 bits per heavy atom. The zero-order valence-electron chi connectivity index (χ0n) is 23.4. The highest BCUT2D eigenvalue weighted by Crippen LogP contribution is 2.45. The van der Waals surface area contributed by atoms with E-state index in [9.17, 15) is 0 Å². The number of fused-ring (bicyclic) bond motifs is 6. The van der Waals surface area contributed by atoms with Gasteiger partial charge in [0.05, 0.1) is 0 Å². The third-order valence-corrected chi connectivity index (χ3v) is 8.83. The average molecular weight is 547 g/mol. The molecule has 0 saturated heterocycles. The molecule has 43 heavy (non-hydrogen) atoms. The summed E-state index contributed by atoms with van der Waals surface area (Å²) < 4.78 is 6.55. The maximum atomic E-state index is 6.55. The first-order valence-corrected chi connectivity index (χ1v) is 14.8. The molecule has 0 spiro atoms. The summed E-state index contributed by atoms with van der Waals surface area (Å²) in [7, 11) is 0. The molecule has 0 N–H and O–H groups in total. The predicted octanol–water partition coefficient (Wildman–Crippen LogP) is 12.0. The van der Waals surface area contributed by atoms with Crippen LogP contribution in [0.25, 0.3) is 87.6 Å². The molecule has 9 rings (SSSR count). The van der Waals surface area contributed by atoms with Crippen LogP contribution in [0.1, 0.15) is 0 Å². The van der Waals surface area contributed by atoms with Crippen LogP contribution in [0.3, 0.4) is 0 Å². The van der Waals surface area contributed by atoms with Gasteiger partial charge in [0.15, 0.2) is 0 Å². The molecule has 0 unspecified atom stereocenters. The molecule has 0 bridgehead atoms. The highest BCUT2D eigenvalue weighted by Gasteiger charge is 2.18. The molecule has 9 aromatic rings. The molecular formula is C42H26O. The molecule has 1 heteroatoms. The van der Waals surface area contributed by atoms with Crippen molar-refractivity contribution in [1.82, 2.24) is 0 Å². The third-order valence-electron chi connectivity index (χ3n) is 8.83. The van der Waals surface area contributed by atoms with Crippen LogP contribution < -0.4 is 0 Å². The Kier molecular flexibility index (Phi) is 5.27. The van der Waals surface area contributed by atoms with Crippen LogP contribution in [0.2, 0.25) is 0 Å². The van der Waals surface area contributed by atoms with Gasteiger partial charge in [-0.25, -0.2) is 0 Å². The van der Waals surface area contributed by atoms with Crippen molar-refractivity contribution in [3.63, 3.8) is 0 Å². The van der Waals surface area contributed by atoms with Crippen molar-refractivity contribution >= 4 is 54.1 Å². The molecule has 0 fully saturated rings. The van der Waals surface area contributed by atoms with Crippen molar-refractivity contribution in [2.24, 2.45) is 0 Å². The quantitative estimate of drug-likeness (QED) is 0.159. The lowest BCUT2D eigenvalue weighted by atomic mass is 9.86. The van der Waals surface area contributed by atoms with E-state index in [-0.39, 0.29) is 0 Å². The van der Waals surface area contributed by atoms with Gasteiger partial charge in [-0.1, -0.05) is 133 Å². The maximum Gasteiger partial charge on any atom is 0.136 e. The number of benzene rings is 8. The van der Waals surface area contributed by atoms with E-state index >= 15 is 0 Å². The lowest BCUT2D eigenvalue weighted by Crippen LogP contribution is -1.90. The Morgan fingerprint density at radius 3 is 1.53 bits per heavy atom. The minimum absolute atomic E-state index is 0.892. The molecule has 0 radical (unpaired) electrons. The van der Waals surface area contributed by atoms with E-state index < -0.39 is 0 Å². The highest BCUT2D eigenvalue weighted by molar-refractivity contribution is 6.22. The Hall–Kier alpha value is -5.66. The normalized spacial score (nSPS) is 11.7. The van der Waals surface area contributed by atoms with Crippen LogP contribution in [0, 0.1) is 0 Å². The van der Waals surface area contributed by atoms with Crippen molar-refractivity contribution < 1.29 is 4.42 Å². The summed E-state index contributed by atoms with van der Waals surface area (Å²) in [6.07, 6.45) is 0. The molecule has 0 aliphatic carbocycles. The summed E-state index contributed by atoms with van der Waals surface area (Å²) in [4.78, 5) is 0. The Balaban J connectivity index is 1.29. The Labute approximate surface area is 249 Å².